The van der Waals surface area contributed by atoms with Crippen molar-refractivity contribution in [2.75, 3.05) is 0 Å². The molecule has 3 aromatic rings. The van der Waals surface area contributed by atoms with Gasteiger partial charge in [0.2, 0.25) is 5.91 Å². The summed E-state index contributed by atoms with van der Waals surface area (Å²) in [6.07, 6.45) is 0. The molecular weight excluding hydrogens is 343 g/mol. The third-order valence-electron chi connectivity index (χ3n) is 3.65. The van der Waals surface area contributed by atoms with Crippen LogP contribution in [-0.2, 0) is 4.79 Å². The van der Waals surface area contributed by atoms with Crippen LogP contribution < -0.4 is 5.32 Å². The second-order valence-corrected chi connectivity index (χ2v) is 8.11. The molecule has 1 heterocycles. The predicted molar refractivity (Wildman–Crippen MR) is 97.9 cm³/mol. The van der Waals surface area contributed by atoms with Crippen molar-refractivity contribution >= 4 is 39.2 Å². The van der Waals surface area contributed by atoms with Crippen molar-refractivity contribution in [1.82, 2.24) is 10.3 Å². The van der Waals surface area contributed by atoms with Crippen LogP contribution in [0, 0.1) is 5.82 Å². The van der Waals surface area contributed by atoms with E-state index in [-0.39, 0.29) is 23.0 Å². The molecular formula is C18H17FN2OS2. The Morgan fingerprint density at radius 2 is 1.88 bits per heavy atom. The van der Waals surface area contributed by atoms with Crippen LogP contribution in [0.5, 0.6) is 0 Å². The molecule has 0 aliphatic carbocycles. The van der Waals surface area contributed by atoms with Crippen molar-refractivity contribution < 1.29 is 9.18 Å². The minimum atomic E-state index is -0.281. The number of amides is 1. The van der Waals surface area contributed by atoms with E-state index in [4.69, 9.17) is 0 Å². The monoisotopic (exact) mass is 360 g/mol. The molecule has 1 N–H and O–H groups in total. The number of nitrogens with zero attached hydrogens (tertiary/aromatic N) is 1. The van der Waals surface area contributed by atoms with E-state index < -0.39 is 0 Å². The van der Waals surface area contributed by atoms with Gasteiger partial charge in [-0.3, -0.25) is 4.79 Å². The van der Waals surface area contributed by atoms with E-state index in [1.807, 2.05) is 38.1 Å². The first-order valence-corrected chi connectivity index (χ1v) is 9.30. The predicted octanol–water partition coefficient (Wildman–Crippen LogP) is 4.79. The SMILES string of the molecule is C[C@H](NC(=O)[C@@H](C)Sc1nc2ccccc2s1)c1ccc(F)cc1. The van der Waals surface area contributed by atoms with Gasteiger partial charge in [-0.2, -0.15) is 0 Å². The number of hydrogen-bond donors (Lipinski definition) is 1. The molecule has 2 atom stereocenters. The van der Waals surface area contributed by atoms with Crippen LogP contribution in [0.25, 0.3) is 10.2 Å². The van der Waals surface area contributed by atoms with Crippen LogP contribution in [-0.4, -0.2) is 16.1 Å². The zero-order valence-corrected chi connectivity index (χ0v) is 15.0. The molecule has 0 aliphatic heterocycles. The highest BCUT2D eigenvalue weighted by atomic mass is 32.2. The number of nitrogens with one attached hydrogen (secondary N) is 1. The van der Waals surface area contributed by atoms with E-state index >= 15 is 0 Å². The number of carbonyl (C=O) groups excluding carboxylic acids is 1. The molecule has 0 saturated carbocycles. The molecule has 0 radical (unpaired) electrons. The summed E-state index contributed by atoms with van der Waals surface area (Å²) in [6, 6.07) is 13.9. The van der Waals surface area contributed by atoms with Crippen molar-refractivity contribution in [2.45, 2.75) is 29.5 Å². The summed E-state index contributed by atoms with van der Waals surface area (Å²) in [5.74, 6) is -0.340. The van der Waals surface area contributed by atoms with Crippen molar-refractivity contribution in [3.8, 4) is 0 Å². The van der Waals surface area contributed by atoms with E-state index in [2.05, 4.69) is 10.3 Å². The second kappa shape index (κ2) is 7.32. The molecule has 3 rings (SSSR count). The Balaban J connectivity index is 1.62. The van der Waals surface area contributed by atoms with E-state index in [9.17, 15) is 9.18 Å². The molecule has 24 heavy (non-hydrogen) atoms. The first kappa shape index (κ1) is 16.9. The third kappa shape index (κ3) is 3.94. The Hall–Kier alpha value is -1.92. The highest BCUT2D eigenvalue weighted by Crippen LogP contribution is 2.32. The van der Waals surface area contributed by atoms with Gasteiger partial charge in [0.1, 0.15) is 5.82 Å². The Morgan fingerprint density at radius 3 is 2.58 bits per heavy atom. The smallest absolute Gasteiger partial charge is 0.233 e. The molecule has 6 heteroatoms. The van der Waals surface area contributed by atoms with Gasteiger partial charge in [-0.25, -0.2) is 9.37 Å². The number of fused-ring (bicyclic) bond motifs is 1. The van der Waals surface area contributed by atoms with Gasteiger partial charge >= 0.3 is 0 Å². The van der Waals surface area contributed by atoms with E-state index in [0.29, 0.717) is 0 Å². The largest absolute Gasteiger partial charge is 0.349 e. The molecule has 0 unspecified atom stereocenters. The normalized spacial score (nSPS) is 13.6. The van der Waals surface area contributed by atoms with Gasteiger partial charge < -0.3 is 5.32 Å². The summed E-state index contributed by atoms with van der Waals surface area (Å²) in [7, 11) is 0. The number of thioether (sulfide) groups is 1. The quantitative estimate of drug-likeness (QED) is 0.665. The number of para-hydroxylation sites is 1. The zero-order valence-electron chi connectivity index (χ0n) is 13.3. The zero-order chi connectivity index (χ0) is 17.1. The lowest BCUT2D eigenvalue weighted by Gasteiger charge is -2.17. The standard InChI is InChI=1S/C18H17FN2OS2/c1-11(13-7-9-14(19)10-8-13)20-17(22)12(2)23-18-21-15-5-3-4-6-16(15)24-18/h3-12H,1-2H3,(H,20,22)/t11-,12+/m0/s1. The minimum Gasteiger partial charge on any atom is -0.349 e. The fourth-order valence-electron chi connectivity index (χ4n) is 2.27. The van der Waals surface area contributed by atoms with Crippen LogP contribution in [0.3, 0.4) is 0 Å². The van der Waals surface area contributed by atoms with E-state index in [1.54, 1.807) is 23.5 Å². The van der Waals surface area contributed by atoms with Gasteiger partial charge in [0.15, 0.2) is 4.34 Å². The summed E-state index contributed by atoms with van der Waals surface area (Å²) in [6.45, 7) is 3.75. The Morgan fingerprint density at radius 1 is 1.17 bits per heavy atom. The summed E-state index contributed by atoms with van der Waals surface area (Å²) < 4.78 is 15.0. The van der Waals surface area contributed by atoms with Gasteiger partial charge in [0.25, 0.3) is 0 Å². The molecule has 124 valence electrons. The summed E-state index contributed by atoms with van der Waals surface area (Å²) in [5, 5.41) is 2.71. The average molecular weight is 360 g/mol. The number of hydrogen-bond acceptors (Lipinski definition) is 4. The number of rotatable bonds is 5. The average Bonchev–Trinajstić information content (AvgIpc) is 2.97. The van der Waals surface area contributed by atoms with E-state index in [0.717, 1.165) is 20.1 Å². The lowest BCUT2D eigenvalue weighted by atomic mass is 10.1. The summed E-state index contributed by atoms with van der Waals surface area (Å²) in [5.41, 5.74) is 1.83. The first-order valence-electron chi connectivity index (χ1n) is 7.61. The van der Waals surface area contributed by atoms with Gasteiger partial charge in [0.05, 0.1) is 21.5 Å². The number of benzene rings is 2. The summed E-state index contributed by atoms with van der Waals surface area (Å²) in [4.78, 5) is 16.9. The number of carbonyl (C=O) groups is 1. The van der Waals surface area contributed by atoms with Gasteiger partial charge in [-0.15, -0.1) is 11.3 Å². The van der Waals surface area contributed by atoms with Crippen LogP contribution in [0.2, 0.25) is 0 Å². The van der Waals surface area contributed by atoms with E-state index in [1.165, 1.54) is 23.9 Å². The molecule has 3 nitrogen and oxygen atoms in total. The molecule has 0 aliphatic rings. The van der Waals surface area contributed by atoms with Crippen molar-refractivity contribution in [3.63, 3.8) is 0 Å². The molecule has 0 fully saturated rings. The Kier molecular flexibility index (Phi) is 5.16. The molecule has 1 amide bonds. The van der Waals surface area contributed by atoms with Crippen LogP contribution >= 0.6 is 23.1 Å². The third-order valence-corrected chi connectivity index (χ3v) is 5.88. The molecule has 0 bridgehead atoms. The highest BCUT2D eigenvalue weighted by Gasteiger charge is 2.19. The Labute approximate surface area is 148 Å². The maximum Gasteiger partial charge on any atom is 0.233 e. The Bertz CT molecular complexity index is 815. The number of aromatic nitrogens is 1. The maximum absolute atomic E-state index is 13.0. The second-order valence-electron chi connectivity index (χ2n) is 5.49. The summed E-state index contributed by atoms with van der Waals surface area (Å²) >= 11 is 3.04. The highest BCUT2D eigenvalue weighted by molar-refractivity contribution is 8.02. The topological polar surface area (TPSA) is 42.0 Å². The molecule has 0 saturated heterocycles. The van der Waals surface area contributed by atoms with Crippen molar-refractivity contribution in [1.29, 1.82) is 0 Å². The maximum atomic E-state index is 13.0. The minimum absolute atomic E-state index is 0.0592. The van der Waals surface area contributed by atoms with Crippen molar-refractivity contribution in [3.05, 3.63) is 59.9 Å². The van der Waals surface area contributed by atoms with Crippen LogP contribution in [0.15, 0.2) is 52.9 Å². The van der Waals surface area contributed by atoms with Crippen LogP contribution in [0.1, 0.15) is 25.5 Å². The molecule has 1 aromatic heterocycles. The molecule has 0 spiro atoms. The number of thiazole rings is 1. The lowest BCUT2D eigenvalue weighted by Crippen LogP contribution is -2.33. The number of halogens is 1. The fourth-order valence-corrected chi connectivity index (χ4v) is 4.49. The molecule has 2 aromatic carbocycles. The van der Waals surface area contributed by atoms with Gasteiger partial charge in [0, 0.05) is 0 Å². The van der Waals surface area contributed by atoms with Gasteiger partial charge in [-0.05, 0) is 43.7 Å². The van der Waals surface area contributed by atoms with Crippen LogP contribution in [0.4, 0.5) is 4.39 Å². The van der Waals surface area contributed by atoms with Crippen molar-refractivity contribution in [2.24, 2.45) is 0 Å². The fraction of sp³-hybridized carbons (Fsp3) is 0.222. The van der Waals surface area contributed by atoms with Gasteiger partial charge in [-0.1, -0.05) is 36.0 Å². The first-order chi connectivity index (χ1) is 11.5. The lowest BCUT2D eigenvalue weighted by molar-refractivity contribution is -0.120.